The molecule has 1 aromatic rings. The Hall–Kier alpha value is -1.60. The minimum absolute atomic E-state index is 0.0988. The van der Waals surface area contributed by atoms with Gasteiger partial charge in [-0.3, -0.25) is 10.0 Å². The fraction of sp³-hybridized carbons (Fsp3) is 0.731. The van der Waals surface area contributed by atoms with E-state index in [2.05, 4.69) is 6.92 Å². The van der Waals surface area contributed by atoms with E-state index in [0.29, 0.717) is 18.7 Å². The molecule has 0 radical (unpaired) electrons. The Labute approximate surface area is 202 Å². The number of likely N-dealkylation sites (N-methyl/N-ethyl adjacent to an activating group) is 1. The van der Waals surface area contributed by atoms with E-state index in [1.807, 2.05) is 6.92 Å². The quantitative estimate of drug-likeness (QED) is 0.130. The van der Waals surface area contributed by atoms with Gasteiger partial charge >= 0.3 is 0 Å². The zero-order valence-electron chi connectivity index (χ0n) is 20.9. The van der Waals surface area contributed by atoms with Crippen LogP contribution in [-0.2, 0) is 14.6 Å². The number of benzene rings is 1. The Bertz CT molecular complexity index is 752. The van der Waals surface area contributed by atoms with Crippen molar-refractivity contribution in [2.24, 2.45) is 0 Å². The van der Waals surface area contributed by atoms with Crippen LogP contribution in [0, 0.1) is 0 Å². The summed E-state index contributed by atoms with van der Waals surface area (Å²) in [4.78, 5) is 13.5. The number of carbonyl (C=O) groups is 1. The number of amides is 1. The van der Waals surface area contributed by atoms with Gasteiger partial charge in [-0.25, -0.2) is 13.9 Å². The van der Waals surface area contributed by atoms with Gasteiger partial charge in [0, 0.05) is 6.54 Å². The molecule has 7 heteroatoms. The lowest BCUT2D eigenvalue weighted by molar-refractivity contribution is -0.127. The summed E-state index contributed by atoms with van der Waals surface area (Å²) in [6.07, 6.45) is 17.2. The van der Waals surface area contributed by atoms with Gasteiger partial charge in [0.05, 0.1) is 22.9 Å². The molecule has 0 aliphatic heterocycles. The van der Waals surface area contributed by atoms with Gasteiger partial charge in [0.2, 0.25) is 0 Å². The normalized spacial score (nSPS) is 11.5. The maximum Gasteiger partial charge on any atom is 0.262 e. The highest BCUT2D eigenvalue weighted by Gasteiger charge is 2.22. The molecule has 0 bridgehead atoms. The first-order valence-electron chi connectivity index (χ1n) is 13.0. The Morgan fingerprint density at radius 1 is 0.818 bits per heavy atom. The maximum atomic E-state index is 13.0. The highest BCUT2D eigenvalue weighted by atomic mass is 32.2. The minimum atomic E-state index is -3.44. The summed E-state index contributed by atoms with van der Waals surface area (Å²) in [6, 6.07) is 6.79. The van der Waals surface area contributed by atoms with Crippen molar-refractivity contribution < 1.29 is 18.4 Å². The first-order chi connectivity index (χ1) is 16.0. The van der Waals surface area contributed by atoms with Crippen molar-refractivity contribution in [1.82, 2.24) is 5.48 Å². The number of carbonyl (C=O) groups excluding carboxylic acids is 1. The molecular formula is C26H46N2O4S. The van der Waals surface area contributed by atoms with Gasteiger partial charge in [-0.15, -0.1) is 0 Å². The molecule has 1 aromatic carbocycles. The molecule has 1 rings (SSSR count). The second-order valence-electron chi connectivity index (χ2n) is 8.93. The van der Waals surface area contributed by atoms with Crippen LogP contribution in [0.2, 0.25) is 0 Å². The van der Waals surface area contributed by atoms with Crippen LogP contribution in [0.5, 0.6) is 0 Å². The Balaban J connectivity index is 2.30. The van der Waals surface area contributed by atoms with E-state index in [1.54, 1.807) is 34.6 Å². The van der Waals surface area contributed by atoms with Gasteiger partial charge in [-0.05, 0) is 25.5 Å². The van der Waals surface area contributed by atoms with E-state index in [0.717, 1.165) is 12.8 Å². The van der Waals surface area contributed by atoms with Crippen LogP contribution in [0.3, 0.4) is 0 Å². The number of nitrogens with one attached hydrogen (secondary N) is 1. The van der Waals surface area contributed by atoms with Crippen LogP contribution < -0.4 is 10.4 Å². The summed E-state index contributed by atoms with van der Waals surface area (Å²) >= 11 is 0. The average molecular weight is 483 g/mol. The lowest BCUT2D eigenvalue weighted by atomic mass is 10.0. The van der Waals surface area contributed by atoms with Crippen molar-refractivity contribution in [1.29, 1.82) is 0 Å². The molecule has 0 aliphatic rings. The fourth-order valence-electron chi connectivity index (χ4n) is 4.15. The molecular weight excluding hydrogens is 436 g/mol. The van der Waals surface area contributed by atoms with Crippen LogP contribution in [0.25, 0.3) is 0 Å². The van der Waals surface area contributed by atoms with Crippen LogP contribution in [-0.4, -0.2) is 38.4 Å². The summed E-state index contributed by atoms with van der Waals surface area (Å²) in [5.74, 6) is -0.456. The van der Waals surface area contributed by atoms with Crippen molar-refractivity contribution in [3.05, 3.63) is 24.3 Å². The Kier molecular flexibility index (Phi) is 15.9. The number of rotatable bonds is 20. The minimum Gasteiger partial charge on any atom is -0.361 e. The molecule has 0 saturated heterocycles. The van der Waals surface area contributed by atoms with Crippen molar-refractivity contribution >= 4 is 21.4 Å². The van der Waals surface area contributed by atoms with E-state index in [-0.39, 0.29) is 17.2 Å². The lowest BCUT2D eigenvalue weighted by Crippen LogP contribution is -2.36. The highest BCUT2D eigenvalue weighted by Crippen LogP contribution is 2.26. The number of nitrogens with zero attached hydrogens (tertiary/aromatic N) is 1. The van der Waals surface area contributed by atoms with Gasteiger partial charge < -0.3 is 4.90 Å². The third kappa shape index (κ3) is 12.4. The molecule has 2 N–H and O–H groups in total. The van der Waals surface area contributed by atoms with E-state index in [1.165, 1.54) is 70.6 Å². The largest absolute Gasteiger partial charge is 0.361 e. The summed E-state index contributed by atoms with van der Waals surface area (Å²) in [5.41, 5.74) is 2.12. The SMILES string of the molecule is CCCCCCCCCCCCCCCCS(=O)(=O)c1ccccc1N(CC)CC(=O)NO. The molecule has 0 unspecified atom stereocenters. The topological polar surface area (TPSA) is 86.7 Å². The molecule has 0 aliphatic carbocycles. The first kappa shape index (κ1) is 29.4. The van der Waals surface area contributed by atoms with E-state index in [9.17, 15) is 13.2 Å². The third-order valence-electron chi connectivity index (χ3n) is 6.15. The number of sulfone groups is 1. The molecule has 0 aromatic heterocycles. The molecule has 0 fully saturated rings. The van der Waals surface area contributed by atoms with Gasteiger partial charge in [0.1, 0.15) is 0 Å². The number of hydrogen-bond donors (Lipinski definition) is 2. The molecule has 0 spiro atoms. The highest BCUT2D eigenvalue weighted by molar-refractivity contribution is 7.91. The smallest absolute Gasteiger partial charge is 0.262 e. The molecule has 33 heavy (non-hydrogen) atoms. The molecule has 0 heterocycles. The molecule has 0 saturated carbocycles. The maximum absolute atomic E-state index is 13.0. The average Bonchev–Trinajstić information content (AvgIpc) is 2.82. The van der Waals surface area contributed by atoms with E-state index >= 15 is 0 Å². The summed E-state index contributed by atoms with van der Waals surface area (Å²) < 4.78 is 25.9. The van der Waals surface area contributed by atoms with Crippen molar-refractivity contribution in [3.63, 3.8) is 0 Å². The lowest BCUT2D eigenvalue weighted by Gasteiger charge is -2.24. The summed E-state index contributed by atoms with van der Waals surface area (Å²) in [7, 11) is -3.44. The van der Waals surface area contributed by atoms with Crippen LogP contribution in [0.15, 0.2) is 29.2 Å². The number of hydrogen-bond acceptors (Lipinski definition) is 5. The van der Waals surface area contributed by atoms with Gasteiger partial charge in [-0.1, -0.05) is 103 Å². The summed E-state index contributed by atoms with van der Waals surface area (Å²) in [5, 5.41) is 8.81. The molecule has 6 nitrogen and oxygen atoms in total. The van der Waals surface area contributed by atoms with E-state index < -0.39 is 15.7 Å². The molecule has 0 atom stereocenters. The van der Waals surface area contributed by atoms with Gasteiger partial charge in [0.15, 0.2) is 9.84 Å². The number of anilines is 1. The second-order valence-corrected chi connectivity index (χ2v) is 11.0. The summed E-state index contributed by atoms with van der Waals surface area (Å²) in [6.45, 7) is 4.46. The molecule has 190 valence electrons. The van der Waals surface area contributed by atoms with Crippen molar-refractivity contribution in [2.75, 3.05) is 23.7 Å². The molecule has 1 amide bonds. The standard InChI is InChI=1S/C26H46N2O4S/c1-3-5-6-7-8-9-10-11-12-13-14-15-16-19-22-33(31,32)25-21-18-17-20-24(25)28(4-2)23-26(29)27-30/h17-18,20-21,30H,3-16,19,22-23H2,1-2H3,(H,27,29). The fourth-order valence-corrected chi connectivity index (χ4v) is 5.76. The van der Waals surface area contributed by atoms with E-state index in [4.69, 9.17) is 5.21 Å². The van der Waals surface area contributed by atoms with Crippen molar-refractivity contribution in [3.8, 4) is 0 Å². The number of unbranched alkanes of at least 4 members (excludes halogenated alkanes) is 13. The second kappa shape index (κ2) is 17.8. The van der Waals surface area contributed by atoms with Crippen molar-refractivity contribution in [2.45, 2.75) is 109 Å². The number of hydroxylamine groups is 1. The van der Waals surface area contributed by atoms with Gasteiger partial charge in [-0.2, -0.15) is 0 Å². The Morgan fingerprint density at radius 3 is 1.79 bits per heavy atom. The van der Waals surface area contributed by atoms with Crippen LogP contribution >= 0.6 is 0 Å². The monoisotopic (exact) mass is 482 g/mol. The van der Waals surface area contributed by atoms with Crippen LogP contribution in [0.4, 0.5) is 5.69 Å². The predicted molar refractivity (Wildman–Crippen MR) is 137 cm³/mol. The first-order valence-corrected chi connectivity index (χ1v) is 14.6. The Morgan fingerprint density at radius 2 is 1.30 bits per heavy atom. The third-order valence-corrected chi connectivity index (χ3v) is 7.99. The zero-order valence-corrected chi connectivity index (χ0v) is 21.7. The van der Waals surface area contributed by atoms with Crippen LogP contribution in [0.1, 0.15) is 104 Å². The number of para-hydroxylation sites is 1. The zero-order chi connectivity index (χ0) is 24.4. The predicted octanol–water partition coefficient (Wildman–Crippen LogP) is 6.27. The van der Waals surface area contributed by atoms with Gasteiger partial charge in [0.25, 0.3) is 5.91 Å².